The maximum atomic E-state index is 12.7. The molecule has 1 amide bonds. The largest absolute Gasteiger partial charge is 0.348 e. The molecule has 1 aliphatic heterocycles. The van der Waals surface area contributed by atoms with Crippen LogP contribution in [0.2, 0.25) is 0 Å². The topological polar surface area (TPSA) is 109 Å². The van der Waals surface area contributed by atoms with E-state index in [1.54, 1.807) is 23.1 Å². The monoisotopic (exact) mass is 378 g/mol. The summed E-state index contributed by atoms with van der Waals surface area (Å²) in [5.74, 6) is -0.324. The molecule has 1 fully saturated rings. The first-order valence-corrected chi connectivity index (χ1v) is 9.85. The highest BCUT2D eigenvalue weighted by Gasteiger charge is 2.26. The minimum atomic E-state index is -3.60. The van der Waals surface area contributed by atoms with Crippen LogP contribution in [0.1, 0.15) is 17.3 Å². The molecule has 2 heterocycles. The zero-order valence-electron chi connectivity index (χ0n) is 14.5. The van der Waals surface area contributed by atoms with Gasteiger partial charge in [0.05, 0.1) is 11.4 Å². The van der Waals surface area contributed by atoms with Gasteiger partial charge in [0, 0.05) is 37.8 Å². The van der Waals surface area contributed by atoms with E-state index in [1.807, 2.05) is 6.92 Å². The molecule has 1 saturated heterocycles. The fourth-order valence-corrected chi connectivity index (χ4v) is 4.28. The van der Waals surface area contributed by atoms with Crippen LogP contribution in [0.5, 0.6) is 0 Å². The van der Waals surface area contributed by atoms with Crippen molar-refractivity contribution in [1.82, 2.24) is 29.7 Å². The maximum absolute atomic E-state index is 12.7. The predicted molar refractivity (Wildman–Crippen MR) is 95.0 cm³/mol. The number of sulfonamides is 1. The Bertz CT molecular complexity index is 847. The van der Waals surface area contributed by atoms with Gasteiger partial charge in [0.2, 0.25) is 10.0 Å². The lowest BCUT2D eigenvalue weighted by atomic mass is 10.2. The lowest BCUT2D eigenvalue weighted by Gasteiger charge is -2.26. The number of amides is 1. The molecule has 0 unspecified atom stereocenters. The van der Waals surface area contributed by atoms with Gasteiger partial charge < -0.3 is 10.6 Å². The molecule has 2 N–H and O–H groups in total. The number of nitrogens with zero attached hydrogens (tertiary/aromatic N) is 4. The average Bonchev–Trinajstić information content (AvgIpc) is 3.15. The molecule has 0 aliphatic carbocycles. The number of hydrogen-bond acceptors (Lipinski definition) is 6. The van der Waals surface area contributed by atoms with Gasteiger partial charge in [0.1, 0.15) is 12.7 Å². The van der Waals surface area contributed by atoms with Gasteiger partial charge in [-0.05, 0) is 25.1 Å². The summed E-state index contributed by atoms with van der Waals surface area (Å²) in [5.41, 5.74) is 0.312. The number of rotatable bonds is 6. The summed E-state index contributed by atoms with van der Waals surface area (Å²) in [6.07, 6.45) is 3.00. The molecule has 1 aromatic carbocycles. The summed E-state index contributed by atoms with van der Waals surface area (Å²) in [4.78, 5) is 16.5. The number of carbonyl (C=O) groups is 1. The molecule has 0 spiro atoms. The van der Waals surface area contributed by atoms with Gasteiger partial charge in [-0.15, -0.1) is 0 Å². The molecule has 0 bridgehead atoms. The van der Waals surface area contributed by atoms with Crippen LogP contribution in [0.4, 0.5) is 0 Å². The zero-order valence-corrected chi connectivity index (χ0v) is 15.3. The molecule has 2 aromatic rings. The van der Waals surface area contributed by atoms with Crippen molar-refractivity contribution in [2.24, 2.45) is 0 Å². The minimum absolute atomic E-state index is 0.135. The third-order valence-corrected chi connectivity index (χ3v) is 6.01. The molecule has 1 aromatic heterocycles. The molecule has 1 atom stereocenters. The van der Waals surface area contributed by atoms with Gasteiger partial charge in [-0.3, -0.25) is 9.48 Å². The number of nitrogens with one attached hydrogen (secondary N) is 2. The molecule has 0 saturated carbocycles. The van der Waals surface area contributed by atoms with Crippen molar-refractivity contribution in [2.45, 2.75) is 24.4 Å². The second-order valence-electron chi connectivity index (χ2n) is 6.17. The Morgan fingerprint density at radius 3 is 2.81 bits per heavy atom. The molecule has 10 heteroatoms. The summed E-state index contributed by atoms with van der Waals surface area (Å²) in [6.45, 7) is 4.42. The first-order valence-electron chi connectivity index (χ1n) is 8.41. The molecule has 9 nitrogen and oxygen atoms in total. The van der Waals surface area contributed by atoms with Crippen molar-refractivity contribution >= 4 is 15.9 Å². The van der Waals surface area contributed by atoms with E-state index in [4.69, 9.17) is 0 Å². The molecular formula is C16H22N6O3S. The Labute approximate surface area is 152 Å². The first-order chi connectivity index (χ1) is 12.5. The molecule has 0 radical (unpaired) electrons. The van der Waals surface area contributed by atoms with E-state index in [9.17, 15) is 13.2 Å². The van der Waals surface area contributed by atoms with Crippen molar-refractivity contribution in [1.29, 1.82) is 0 Å². The van der Waals surface area contributed by atoms with Crippen molar-refractivity contribution in [3.8, 4) is 0 Å². The maximum Gasteiger partial charge on any atom is 0.251 e. The fraction of sp³-hybridized carbons (Fsp3) is 0.438. The SMILES string of the molecule is C[C@H](Cn1cncn1)NC(=O)c1cccc(S(=O)(=O)N2CCNCC2)c1. The Morgan fingerprint density at radius 2 is 2.12 bits per heavy atom. The highest BCUT2D eigenvalue weighted by atomic mass is 32.2. The van der Waals surface area contributed by atoms with E-state index < -0.39 is 10.0 Å². The van der Waals surface area contributed by atoms with E-state index in [0.717, 1.165) is 0 Å². The van der Waals surface area contributed by atoms with E-state index in [-0.39, 0.29) is 16.8 Å². The van der Waals surface area contributed by atoms with Crippen LogP contribution in [0.15, 0.2) is 41.8 Å². The average molecular weight is 378 g/mol. The van der Waals surface area contributed by atoms with Gasteiger partial charge in [-0.2, -0.15) is 9.40 Å². The summed E-state index contributed by atoms with van der Waals surface area (Å²) in [7, 11) is -3.60. The number of carbonyl (C=O) groups excluding carboxylic acids is 1. The van der Waals surface area contributed by atoms with Crippen molar-refractivity contribution in [2.75, 3.05) is 26.2 Å². The molecule has 1 aliphatic rings. The van der Waals surface area contributed by atoms with Gasteiger partial charge in [-0.25, -0.2) is 13.4 Å². The Morgan fingerprint density at radius 1 is 1.35 bits per heavy atom. The molecule has 3 rings (SSSR count). The third-order valence-electron chi connectivity index (χ3n) is 4.11. The predicted octanol–water partition coefficient (Wildman–Crippen LogP) is -0.309. The Hall–Kier alpha value is -2.30. The highest BCUT2D eigenvalue weighted by molar-refractivity contribution is 7.89. The lowest BCUT2D eigenvalue weighted by molar-refractivity contribution is 0.0935. The quantitative estimate of drug-likeness (QED) is 0.714. The van der Waals surface area contributed by atoms with Gasteiger partial charge >= 0.3 is 0 Å². The van der Waals surface area contributed by atoms with Crippen LogP contribution < -0.4 is 10.6 Å². The fourth-order valence-electron chi connectivity index (χ4n) is 2.79. The smallest absolute Gasteiger partial charge is 0.251 e. The highest BCUT2D eigenvalue weighted by Crippen LogP contribution is 2.17. The van der Waals surface area contributed by atoms with E-state index in [2.05, 4.69) is 20.7 Å². The van der Waals surface area contributed by atoms with Crippen LogP contribution in [0.25, 0.3) is 0 Å². The van der Waals surface area contributed by atoms with Gasteiger partial charge in [0.25, 0.3) is 5.91 Å². The summed E-state index contributed by atoms with van der Waals surface area (Å²) in [6, 6.07) is 5.96. The minimum Gasteiger partial charge on any atom is -0.348 e. The number of piperazine rings is 1. The van der Waals surface area contributed by atoms with Gasteiger partial charge in [0.15, 0.2) is 0 Å². The van der Waals surface area contributed by atoms with E-state index >= 15 is 0 Å². The normalized spacial score (nSPS) is 17.0. The van der Waals surface area contributed by atoms with E-state index in [1.165, 1.54) is 22.8 Å². The third kappa shape index (κ3) is 4.26. The van der Waals surface area contributed by atoms with Crippen molar-refractivity contribution in [3.63, 3.8) is 0 Å². The standard InChI is InChI=1S/C16H22N6O3S/c1-13(10-21-12-18-11-19-21)20-16(23)14-3-2-4-15(9-14)26(24,25)22-7-5-17-6-8-22/h2-4,9,11-13,17H,5-8,10H2,1H3,(H,20,23)/t13-/m1/s1. The summed E-state index contributed by atoms with van der Waals surface area (Å²) in [5, 5.41) is 9.97. The van der Waals surface area contributed by atoms with Crippen molar-refractivity contribution < 1.29 is 13.2 Å². The summed E-state index contributed by atoms with van der Waals surface area (Å²) < 4.78 is 28.5. The van der Waals surface area contributed by atoms with Crippen LogP contribution >= 0.6 is 0 Å². The second kappa shape index (κ2) is 7.94. The Kier molecular flexibility index (Phi) is 5.64. The van der Waals surface area contributed by atoms with Gasteiger partial charge in [-0.1, -0.05) is 6.07 Å². The van der Waals surface area contributed by atoms with Crippen molar-refractivity contribution in [3.05, 3.63) is 42.5 Å². The lowest BCUT2D eigenvalue weighted by Crippen LogP contribution is -2.46. The molecule has 140 valence electrons. The van der Waals surface area contributed by atoms with Crippen LogP contribution in [-0.2, 0) is 16.6 Å². The first kappa shape index (κ1) is 18.5. The molecular weight excluding hydrogens is 356 g/mol. The molecule has 26 heavy (non-hydrogen) atoms. The Balaban J connectivity index is 1.70. The summed E-state index contributed by atoms with van der Waals surface area (Å²) >= 11 is 0. The number of benzene rings is 1. The second-order valence-corrected chi connectivity index (χ2v) is 8.11. The van der Waals surface area contributed by atoms with E-state index in [0.29, 0.717) is 38.3 Å². The van der Waals surface area contributed by atoms with Crippen LogP contribution in [0, 0.1) is 0 Å². The zero-order chi connectivity index (χ0) is 18.6. The number of aromatic nitrogens is 3. The van der Waals surface area contributed by atoms with Crippen LogP contribution in [-0.4, -0.2) is 65.6 Å². The number of hydrogen-bond donors (Lipinski definition) is 2. The van der Waals surface area contributed by atoms with Crippen LogP contribution in [0.3, 0.4) is 0 Å².